The van der Waals surface area contributed by atoms with Crippen LogP contribution in [0.3, 0.4) is 0 Å². The predicted octanol–water partition coefficient (Wildman–Crippen LogP) is 0.491. The predicted molar refractivity (Wildman–Crippen MR) is 102 cm³/mol. The van der Waals surface area contributed by atoms with Gasteiger partial charge in [-0.1, -0.05) is 6.58 Å². The molecular formula is C15H28N2O6S2. The lowest BCUT2D eigenvalue weighted by molar-refractivity contribution is -0.153. The van der Waals surface area contributed by atoms with Gasteiger partial charge in [0.2, 0.25) is 0 Å². The number of aliphatic carboxylic acids is 1. The van der Waals surface area contributed by atoms with Crippen LogP contribution in [0.25, 0.3) is 0 Å². The zero-order valence-corrected chi connectivity index (χ0v) is 16.3. The minimum atomic E-state index is -0.981. The second kappa shape index (κ2) is 17.6. The van der Waals surface area contributed by atoms with Crippen LogP contribution in [0.2, 0.25) is 0 Å². The van der Waals surface area contributed by atoms with Crippen LogP contribution in [0.5, 0.6) is 0 Å². The highest BCUT2D eigenvalue weighted by Crippen LogP contribution is 2.01. The Bertz CT molecular complexity index is 381. The standard InChI is InChI=1S/C12H24N2O4S2.C3H4O2/c1-19-7-3-9(13)11(15)17-5-6-18-12(16)10(14)4-8-20-2;1-2-3(4)5/h9-10H,3-8,13-14H2,1-2H3;2H,1H2,(H,4,5)/t9-,10-;/m0./s1. The number of hydrogen-bond donors (Lipinski definition) is 3. The van der Waals surface area contributed by atoms with Gasteiger partial charge >= 0.3 is 17.9 Å². The molecule has 0 saturated carbocycles. The molecule has 8 nitrogen and oxygen atoms in total. The van der Waals surface area contributed by atoms with Gasteiger partial charge in [0.1, 0.15) is 25.3 Å². The molecule has 0 aromatic rings. The molecular weight excluding hydrogens is 368 g/mol. The fourth-order valence-electron chi connectivity index (χ4n) is 1.22. The van der Waals surface area contributed by atoms with E-state index in [1.807, 2.05) is 12.5 Å². The monoisotopic (exact) mass is 396 g/mol. The van der Waals surface area contributed by atoms with E-state index in [1.54, 1.807) is 23.5 Å². The maximum atomic E-state index is 11.4. The summed E-state index contributed by atoms with van der Waals surface area (Å²) in [5, 5.41) is 7.60. The molecule has 146 valence electrons. The molecule has 0 aliphatic heterocycles. The zero-order chi connectivity index (χ0) is 19.7. The Labute approximate surface area is 157 Å². The van der Waals surface area contributed by atoms with E-state index in [0.29, 0.717) is 12.8 Å². The summed E-state index contributed by atoms with van der Waals surface area (Å²) in [4.78, 5) is 32.1. The Balaban J connectivity index is 0. The molecule has 25 heavy (non-hydrogen) atoms. The van der Waals surface area contributed by atoms with Gasteiger partial charge in [0.25, 0.3) is 0 Å². The van der Waals surface area contributed by atoms with E-state index in [0.717, 1.165) is 17.6 Å². The minimum absolute atomic E-state index is 0.00674. The first-order valence-electron chi connectivity index (χ1n) is 7.47. The maximum Gasteiger partial charge on any atom is 0.327 e. The molecule has 0 aliphatic carbocycles. The molecule has 0 unspecified atom stereocenters. The van der Waals surface area contributed by atoms with Gasteiger partial charge in [-0.3, -0.25) is 9.59 Å². The van der Waals surface area contributed by atoms with Gasteiger partial charge in [-0.2, -0.15) is 23.5 Å². The van der Waals surface area contributed by atoms with E-state index in [9.17, 15) is 14.4 Å². The zero-order valence-electron chi connectivity index (χ0n) is 14.6. The smallest absolute Gasteiger partial charge is 0.327 e. The number of carbonyl (C=O) groups excluding carboxylic acids is 2. The van der Waals surface area contributed by atoms with Crippen LogP contribution in [0.1, 0.15) is 12.8 Å². The van der Waals surface area contributed by atoms with Crippen LogP contribution >= 0.6 is 23.5 Å². The molecule has 0 aromatic carbocycles. The van der Waals surface area contributed by atoms with E-state index in [2.05, 4.69) is 6.58 Å². The summed E-state index contributed by atoms with van der Waals surface area (Å²) in [6.45, 7) is 2.97. The number of thioether (sulfide) groups is 2. The number of hydrogen-bond acceptors (Lipinski definition) is 9. The van der Waals surface area contributed by atoms with Crippen molar-refractivity contribution in [2.45, 2.75) is 24.9 Å². The highest BCUT2D eigenvalue weighted by Gasteiger charge is 2.16. The van der Waals surface area contributed by atoms with Crippen molar-refractivity contribution in [1.29, 1.82) is 0 Å². The third-order valence-electron chi connectivity index (χ3n) is 2.62. The van der Waals surface area contributed by atoms with Gasteiger partial charge in [-0.15, -0.1) is 0 Å². The van der Waals surface area contributed by atoms with Crippen LogP contribution in [-0.4, -0.2) is 72.3 Å². The maximum absolute atomic E-state index is 11.4. The van der Waals surface area contributed by atoms with E-state index in [-0.39, 0.29) is 13.2 Å². The van der Waals surface area contributed by atoms with Crippen molar-refractivity contribution in [2.75, 3.05) is 37.2 Å². The fourth-order valence-corrected chi connectivity index (χ4v) is 2.20. The van der Waals surface area contributed by atoms with E-state index < -0.39 is 30.0 Å². The van der Waals surface area contributed by atoms with Crippen LogP contribution in [0, 0.1) is 0 Å². The SMILES string of the molecule is C=CC(=O)O.CSCC[C@H](N)C(=O)OCCOC(=O)[C@@H](N)CCSC. The Morgan fingerprint density at radius 3 is 1.56 bits per heavy atom. The quantitative estimate of drug-likeness (QED) is 0.242. The van der Waals surface area contributed by atoms with Crippen LogP contribution in [-0.2, 0) is 23.9 Å². The van der Waals surface area contributed by atoms with E-state index in [1.165, 1.54) is 0 Å². The molecule has 0 saturated heterocycles. The summed E-state index contributed by atoms with van der Waals surface area (Å²) >= 11 is 3.23. The summed E-state index contributed by atoms with van der Waals surface area (Å²) in [6.07, 6.45) is 5.86. The molecule has 5 N–H and O–H groups in total. The fraction of sp³-hybridized carbons (Fsp3) is 0.667. The van der Waals surface area contributed by atoms with Crippen LogP contribution in [0.4, 0.5) is 0 Å². The molecule has 0 heterocycles. The molecule has 0 bridgehead atoms. The van der Waals surface area contributed by atoms with Crippen molar-refractivity contribution < 1.29 is 29.0 Å². The van der Waals surface area contributed by atoms with Gasteiger partial charge < -0.3 is 26.0 Å². The lowest BCUT2D eigenvalue weighted by atomic mass is 10.2. The Morgan fingerprint density at radius 1 is 1.00 bits per heavy atom. The van der Waals surface area contributed by atoms with Crippen LogP contribution in [0.15, 0.2) is 12.7 Å². The molecule has 0 fully saturated rings. The third-order valence-corrected chi connectivity index (χ3v) is 3.91. The minimum Gasteiger partial charge on any atom is -0.478 e. The molecule has 0 spiro atoms. The first-order chi connectivity index (χ1) is 11.8. The van der Waals surface area contributed by atoms with Crippen molar-refractivity contribution in [3.63, 3.8) is 0 Å². The number of carboxylic acid groups (broad SMARTS) is 1. The van der Waals surface area contributed by atoms with Gasteiger partial charge in [0.15, 0.2) is 0 Å². The summed E-state index contributed by atoms with van der Waals surface area (Å²) < 4.78 is 9.83. The van der Waals surface area contributed by atoms with Gasteiger partial charge in [-0.25, -0.2) is 4.79 Å². The first-order valence-corrected chi connectivity index (χ1v) is 10.3. The second-order valence-corrected chi connectivity index (χ2v) is 6.62. The number of esters is 2. The number of carboxylic acids is 1. The number of carbonyl (C=O) groups is 3. The molecule has 0 amide bonds. The topological polar surface area (TPSA) is 142 Å². The van der Waals surface area contributed by atoms with Crippen molar-refractivity contribution in [3.05, 3.63) is 12.7 Å². The van der Waals surface area contributed by atoms with Crippen molar-refractivity contribution >= 4 is 41.4 Å². The molecule has 0 rings (SSSR count). The normalized spacial score (nSPS) is 12.2. The van der Waals surface area contributed by atoms with Gasteiger partial charge in [0.05, 0.1) is 0 Å². The lowest BCUT2D eigenvalue weighted by Crippen LogP contribution is -2.35. The molecule has 10 heteroatoms. The average Bonchev–Trinajstić information content (AvgIpc) is 2.60. The molecule has 0 radical (unpaired) electrons. The largest absolute Gasteiger partial charge is 0.478 e. The van der Waals surface area contributed by atoms with Crippen molar-refractivity contribution in [3.8, 4) is 0 Å². The average molecular weight is 397 g/mol. The third kappa shape index (κ3) is 17.4. The Morgan fingerprint density at radius 2 is 1.32 bits per heavy atom. The molecule has 0 aliphatic rings. The van der Waals surface area contributed by atoms with Gasteiger partial charge in [-0.05, 0) is 36.9 Å². The van der Waals surface area contributed by atoms with E-state index >= 15 is 0 Å². The van der Waals surface area contributed by atoms with E-state index in [4.69, 9.17) is 26.0 Å². The Kier molecular flexibility index (Phi) is 18.3. The van der Waals surface area contributed by atoms with Crippen LogP contribution < -0.4 is 11.5 Å². The number of rotatable bonds is 12. The number of nitrogens with two attached hydrogens (primary N) is 2. The summed E-state index contributed by atoms with van der Waals surface area (Å²) in [6, 6.07) is -1.25. The summed E-state index contributed by atoms with van der Waals surface area (Å²) in [5.74, 6) is -0.320. The second-order valence-electron chi connectivity index (χ2n) is 4.65. The highest BCUT2D eigenvalue weighted by atomic mass is 32.2. The summed E-state index contributed by atoms with van der Waals surface area (Å²) in [5.41, 5.74) is 11.3. The van der Waals surface area contributed by atoms with Crippen molar-refractivity contribution in [2.24, 2.45) is 11.5 Å². The Hall–Kier alpha value is -1.23. The molecule has 0 aromatic heterocycles. The lowest BCUT2D eigenvalue weighted by Gasteiger charge is -2.13. The first kappa shape index (κ1) is 26.0. The number of ether oxygens (including phenoxy) is 2. The summed E-state index contributed by atoms with van der Waals surface area (Å²) in [7, 11) is 0. The van der Waals surface area contributed by atoms with Gasteiger partial charge in [0, 0.05) is 6.08 Å². The van der Waals surface area contributed by atoms with Crippen molar-refractivity contribution in [1.82, 2.24) is 0 Å². The highest BCUT2D eigenvalue weighted by molar-refractivity contribution is 7.98. The molecule has 2 atom stereocenters.